The summed E-state index contributed by atoms with van der Waals surface area (Å²) in [5.41, 5.74) is 4.05. The van der Waals surface area contributed by atoms with Gasteiger partial charge in [0.15, 0.2) is 0 Å². The molecule has 0 saturated heterocycles. The van der Waals surface area contributed by atoms with Crippen LogP contribution in [0, 0.1) is 5.82 Å². The first kappa shape index (κ1) is 26.9. The van der Waals surface area contributed by atoms with Gasteiger partial charge in [-0.25, -0.2) is 4.39 Å². The molecule has 1 atom stereocenters. The molecule has 1 N–H and O–H groups in total. The summed E-state index contributed by atoms with van der Waals surface area (Å²) in [5, 5.41) is 8.98. The molecule has 0 unspecified atom stereocenters. The van der Waals surface area contributed by atoms with Gasteiger partial charge in [0.1, 0.15) is 23.9 Å². The number of carboxylic acid groups (broad SMARTS) is 1. The van der Waals surface area contributed by atoms with E-state index in [-0.39, 0.29) is 31.0 Å². The third-order valence-corrected chi connectivity index (χ3v) is 5.69. The molecular weight excluding hydrogens is 431 g/mol. The van der Waals surface area contributed by atoms with Crippen molar-refractivity contribution >= 4 is 5.97 Å². The lowest BCUT2D eigenvalue weighted by Gasteiger charge is -2.24. The average Bonchev–Trinajstić information content (AvgIpc) is 2.77. The summed E-state index contributed by atoms with van der Waals surface area (Å²) in [6, 6.07) is 18.3. The van der Waals surface area contributed by atoms with E-state index >= 15 is 0 Å². The lowest BCUT2D eigenvalue weighted by atomic mass is 9.81. The van der Waals surface area contributed by atoms with Crippen LogP contribution in [0.3, 0.4) is 0 Å². The highest BCUT2D eigenvalue weighted by atomic mass is 19.1. The number of ether oxygens (including phenoxy) is 2. The van der Waals surface area contributed by atoms with Gasteiger partial charge in [0, 0.05) is 5.56 Å². The van der Waals surface area contributed by atoms with E-state index in [0.29, 0.717) is 23.7 Å². The molecule has 4 nitrogen and oxygen atoms in total. The van der Waals surface area contributed by atoms with Gasteiger partial charge in [0.25, 0.3) is 0 Å². The van der Waals surface area contributed by atoms with Crippen LogP contribution in [0.5, 0.6) is 11.5 Å². The summed E-state index contributed by atoms with van der Waals surface area (Å²) in [5.74, 6) is 0.109. The van der Waals surface area contributed by atoms with Crippen molar-refractivity contribution in [3.05, 3.63) is 83.2 Å². The fraction of sp³-hybridized carbons (Fsp3) is 0.345. The number of halogens is 1. The van der Waals surface area contributed by atoms with Crippen LogP contribution in [0.2, 0.25) is 0 Å². The van der Waals surface area contributed by atoms with Gasteiger partial charge in [0.2, 0.25) is 0 Å². The maximum atomic E-state index is 14.8. The smallest absolute Gasteiger partial charge is 0.303 e. The zero-order valence-corrected chi connectivity index (χ0v) is 19.8. The Bertz CT molecular complexity index is 1110. The molecule has 182 valence electrons. The molecule has 0 aliphatic rings. The molecule has 0 saturated carbocycles. The van der Waals surface area contributed by atoms with Gasteiger partial charge < -0.3 is 14.6 Å². The zero-order chi connectivity index (χ0) is 24.2. The maximum absolute atomic E-state index is 14.8. The first-order valence-electron chi connectivity index (χ1n) is 11.0. The first-order valence-corrected chi connectivity index (χ1v) is 11.0. The lowest BCUT2D eigenvalue weighted by Crippen LogP contribution is -2.13. The van der Waals surface area contributed by atoms with Crippen LogP contribution >= 0.6 is 0 Å². The van der Waals surface area contributed by atoms with Crippen molar-refractivity contribution in [2.45, 2.75) is 59.5 Å². The Morgan fingerprint density at radius 3 is 2.21 bits per heavy atom. The number of carboxylic acids is 1. The van der Waals surface area contributed by atoms with E-state index in [4.69, 9.17) is 14.6 Å². The van der Waals surface area contributed by atoms with E-state index < -0.39 is 5.97 Å². The van der Waals surface area contributed by atoms with Crippen molar-refractivity contribution in [1.82, 2.24) is 0 Å². The summed E-state index contributed by atoms with van der Waals surface area (Å²) < 4.78 is 26.1. The van der Waals surface area contributed by atoms with Crippen LogP contribution in [0.4, 0.5) is 4.39 Å². The minimum Gasteiger partial charge on any atom is -0.497 e. The summed E-state index contributed by atoms with van der Waals surface area (Å²) in [6.07, 6.45) is 0.0872. The third kappa shape index (κ3) is 6.60. The predicted molar refractivity (Wildman–Crippen MR) is 135 cm³/mol. The lowest BCUT2D eigenvalue weighted by molar-refractivity contribution is -0.137. The molecule has 0 aliphatic heterocycles. The van der Waals surface area contributed by atoms with Gasteiger partial charge in [-0.3, -0.25) is 4.79 Å². The predicted octanol–water partition coefficient (Wildman–Crippen LogP) is 7.59. The van der Waals surface area contributed by atoms with E-state index in [2.05, 4.69) is 20.8 Å². The fourth-order valence-electron chi connectivity index (χ4n) is 3.83. The molecule has 3 aromatic rings. The summed E-state index contributed by atoms with van der Waals surface area (Å²) >= 11 is 0. The van der Waals surface area contributed by atoms with Crippen molar-refractivity contribution in [1.29, 1.82) is 0 Å². The van der Waals surface area contributed by atoms with Crippen molar-refractivity contribution in [3.63, 3.8) is 0 Å². The number of hydrogen-bond acceptors (Lipinski definition) is 3. The molecular formula is C29H35FO4. The van der Waals surface area contributed by atoms with E-state index in [1.807, 2.05) is 49.4 Å². The fourth-order valence-corrected chi connectivity index (χ4v) is 3.83. The minimum absolute atomic E-state index is 0. The van der Waals surface area contributed by atoms with Gasteiger partial charge in [-0.15, -0.1) is 0 Å². The van der Waals surface area contributed by atoms with Gasteiger partial charge in [-0.1, -0.05) is 59.4 Å². The monoisotopic (exact) mass is 466 g/mol. The second-order valence-corrected chi connectivity index (χ2v) is 9.33. The topological polar surface area (TPSA) is 55.8 Å². The number of benzene rings is 3. The van der Waals surface area contributed by atoms with E-state index in [9.17, 15) is 9.18 Å². The molecule has 0 radical (unpaired) electrons. The molecule has 0 amide bonds. The number of rotatable bonds is 8. The molecule has 0 fully saturated rings. The Morgan fingerprint density at radius 1 is 0.971 bits per heavy atom. The standard InChI is InChI=1S/C28H31FO4.CH4/c1-18(14-27(30)31)20-7-9-21(10-8-20)33-17-19-6-12-25(28(2,3)4)23(15-19)24-16-22(32-5)11-13-26(24)29;/h6-13,15-16,18H,14,17H2,1-5H3,(H,30,31);1H4/t18-;/m0./s1. The highest BCUT2D eigenvalue weighted by molar-refractivity contribution is 5.71. The highest BCUT2D eigenvalue weighted by Crippen LogP contribution is 2.37. The Kier molecular flexibility index (Phi) is 8.86. The Hall–Kier alpha value is -3.34. The van der Waals surface area contributed by atoms with Gasteiger partial charge in [-0.05, 0) is 70.0 Å². The van der Waals surface area contributed by atoms with Crippen molar-refractivity contribution < 1.29 is 23.8 Å². The van der Waals surface area contributed by atoms with Crippen LogP contribution in [0.25, 0.3) is 11.1 Å². The second kappa shape index (κ2) is 11.2. The van der Waals surface area contributed by atoms with Crippen molar-refractivity contribution in [2.24, 2.45) is 0 Å². The van der Waals surface area contributed by atoms with E-state index in [1.165, 1.54) is 6.07 Å². The van der Waals surface area contributed by atoms with Gasteiger partial charge in [-0.2, -0.15) is 0 Å². The van der Waals surface area contributed by atoms with Crippen molar-refractivity contribution in [3.8, 4) is 22.6 Å². The summed E-state index contributed by atoms with van der Waals surface area (Å²) in [7, 11) is 1.57. The molecule has 0 heterocycles. The molecule has 0 bridgehead atoms. The molecule has 3 aromatic carbocycles. The minimum atomic E-state index is -0.815. The summed E-state index contributed by atoms with van der Waals surface area (Å²) in [4.78, 5) is 10.9. The summed E-state index contributed by atoms with van der Waals surface area (Å²) in [6.45, 7) is 8.53. The van der Waals surface area contributed by atoms with Crippen LogP contribution < -0.4 is 9.47 Å². The van der Waals surface area contributed by atoms with Crippen LogP contribution in [-0.4, -0.2) is 18.2 Å². The molecule has 0 spiro atoms. The number of methoxy groups -OCH3 is 1. The van der Waals surface area contributed by atoms with E-state index in [0.717, 1.165) is 22.3 Å². The Labute approximate surface area is 202 Å². The molecule has 5 heteroatoms. The third-order valence-electron chi connectivity index (χ3n) is 5.69. The number of carbonyl (C=O) groups is 1. The quantitative estimate of drug-likeness (QED) is 0.371. The van der Waals surface area contributed by atoms with E-state index in [1.54, 1.807) is 19.2 Å². The molecule has 0 aromatic heterocycles. The maximum Gasteiger partial charge on any atom is 0.303 e. The van der Waals surface area contributed by atoms with Crippen LogP contribution in [0.15, 0.2) is 60.7 Å². The Balaban J connectivity index is 0.00000408. The van der Waals surface area contributed by atoms with Gasteiger partial charge >= 0.3 is 5.97 Å². The van der Waals surface area contributed by atoms with Gasteiger partial charge in [0.05, 0.1) is 13.5 Å². The average molecular weight is 467 g/mol. The number of hydrogen-bond donors (Lipinski definition) is 1. The second-order valence-electron chi connectivity index (χ2n) is 9.33. The highest BCUT2D eigenvalue weighted by Gasteiger charge is 2.21. The zero-order valence-electron chi connectivity index (χ0n) is 19.8. The van der Waals surface area contributed by atoms with Crippen LogP contribution in [-0.2, 0) is 16.8 Å². The molecule has 34 heavy (non-hydrogen) atoms. The number of aliphatic carboxylic acids is 1. The Morgan fingerprint density at radius 2 is 1.62 bits per heavy atom. The largest absolute Gasteiger partial charge is 0.497 e. The molecule has 0 aliphatic carbocycles. The SMILES string of the molecule is C.COc1ccc(F)c(-c2cc(COc3ccc([C@@H](C)CC(=O)O)cc3)ccc2C(C)(C)C)c1. The first-order chi connectivity index (χ1) is 15.6. The van der Waals surface area contributed by atoms with Crippen molar-refractivity contribution in [2.75, 3.05) is 7.11 Å². The van der Waals surface area contributed by atoms with Crippen LogP contribution in [0.1, 0.15) is 64.2 Å². The normalized spacial score (nSPS) is 11.9. The molecule has 3 rings (SSSR count).